The Bertz CT molecular complexity index is 133. The molecule has 0 aliphatic heterocycles. The average Bonchev–Trinajstić information content (AvgIpc) is 1.12. The molecule has 14 heteroatoms. The van der Waals surface area contributed by atoms with Crippen molar-refractivity contribution in [1.82, 2.24) is 12.3 Å². The van der Waals surface area contributed by atoms with E-state index in [-0.39, 0.29) is 69.2 Å². The summed E-state index contributed by atoms with van der Waals surface area (Å²) in [6.07, 6.45) is 0. The van der Waals surface area contributed by atoms with Gasteiger partial charge in [-0.15, -0.1) is 0 Å². The van der Waals surface area contributed by atoms with Gasteiger partial charge in [-0.25, -0.2) is 9.13 Å². The quantitative estimate of drug-likeness (QED) is 0.165. The molecule has 0 aliphatic rings. The van der Waals surface area contributed by atoms with Crippen LogP contribution in [0.15, 0.2) is 0 Å². The Balaban J connectivity index is -0.0000000178. The summed E-state index contributed by atoms with van der Waals surface area (Å²) in [7, 11) is -9.28. The first-order chi connectivity index (χ1) is 4.00. The predicted octanol–water partition coefficient (Wildman–Crippen LogP) is -3.01. The van der Waals surface area contributed by atoms with Crippen LogP contribution in [0.25, 0.3) is 0 Å². The van der Waals surface area contributed by atoms with Gasteiger partial charge in [-0.3, -0.25) is 0 Å². The van der Waals surface area contributed by atoms with Crippen molar-refractivity contribution in [3.8, 4) is 0 Å². The molecule has 0 aliphatic carbocycles. The molecule has 0 saturated heterocycles. The van der Waals surface area contributed by atoms with Crippen molar-refractivity contribution in [2.45, 2.75) is 0 Å². The Morgan fingerprint density at radius 1 is 0.643 bits per heavy atom. The summed E-state index contributed by atoms with van der Waals surface area (Å²) in [5.74, 6) is 0. The molecule has 0 saturated carbocycles. The van der Waals surface area contributed by atoms with E-state index in [2.05, 4.69) is 0 Å². The Kier molecular flexibility index (Phi) is 37.9. The summed E-state index contributed by atoms with van der Waals surface area (Å²) >= 11 is 0. The van der Waals surface area contributed by atoms with Crippen molar-refractivity contribution in [1.29, 1.82) is 0 Å². The Morgan fingerprint density at radius 3 is 0.643 bits per heavy atom. The summed E-state index contributed by atoms with van der Waals surface area (Å²) in [4.78, 5) is 43.1. The molecular weight excluding hydrogens is 273 g/mol. The predicted molar refractivity (Wildman–Crippen MR) is 49.3 cm³/mol. The third-order valence-corrected chi connectivity index (χ3v) is 0. The van der Waals surface area contributed by atoms with Crippen molar-refractivity contribution in [2.75, 3.05) is 0 Å². The summed E-state index contributed by atoms with van der Waals surface area (Å²) in [6.45, 7) is 0. The van der Waals surface area contributed by atoms with Crippen LogP contribution in [0.4, 0.5) is 0 Å². The summed E-state index contributed by atoms with van der Waals surface area (Å²) in [6, 6.07) is 0. The molecule has 0 rings (SSSR count). The third kappa shape index (κ3) is 739. The Labute approximate surface area is 122 Å². The molecule has 0 heterocycles. The first kappa shape index (κ1) is 36.0. The average molecular weight is 288 g/mol. The van der Waals surface area contributed by atoms with E-state index in [1.807, 2.05) is 0 Å². The molecule has 0 radical (unpaired) electrons. The maximum atomic E-state index is 8.88. The Morgan fingerprint density at radius 2 is 0.643 bits per heavy atom. The van der Waals surface area contributed by atoms with Crippen LogP contribution in [0.3, 0.4) is 0 Å². The van der Waals surface area contributed by atoms with Crippen LogP contribution >= 0.6 is 15.6 Å². The van der Waals surface area contributed by atoms with Gasteiger partial charge in [0.15, 0.2) is 0 Å². The van der Waals surface area contributed by atoms with Gasteiger partial charge in [0.05, 0.1) is 0 Å². The molecule has 14 N–H and O–H groups in total. The summed E-state index contributed by atoms with van der Waals surface area (Å²) < 4.78 is 17.8. The van der Waals surface area contributed by atoms with E-state index in [1.165, 1.54) is 0 Å². The molecule has 0 spiro atoms. The molecule has 0 aromatic heterocycles. The maximum absolute atomic E-state index is 8.88. The van der Waals surface area contributed by atoms with Gasteiger partial charge in [0.2, 0.25) is 0 Å². The molecule has 14 heavy (non-hydrogen) atoms. The van der Waals surface area contributed by atoms with E-state index in [0.29, 0.717) is 0 Å². The van der Waals surface area contributed by atoms with Crippen LogP contribution in [0.5, 0.6) is 0 Å². The molecule has 11 nitrogen and oxygen atoms in total. The van der Waals surface area contributed by atoms with Crippen molar-refractivity contribution >= 4 is 67.0 Å². The molecule has 0 aromatic carbocycles. The number of hydrogen-bond donors (Lipinski definition) is 8. The van der Waals surface area contributed by atoms with Gasteiger partial charge in [0.25, 0.3) is 0 Å². The number of hydrogen-bond acceptors (Lipinski definition) is 4. The Hall–Kier alpha value is 1.74. The summed E-state index contributed by atoms with van der Waals surface area (Å²) in [5.41, 5.74) is 0. The second kappa shape index (κ2) is 14.7. The SMILES string of the molecule is N.N.O.O=P(O)(O)O.O=P(O)(O)O.[KH]. The number of phosphoric acid groups is 2. The normalized spacial score (nSPS) is 8.43. The van der Waals surface area contributed by atoms with E-state index in [4.69, 9.17) is 38.5 Å². The standard InChI is InChI=1S/K.2H3N.2H3O4P.H2O.H/c;;;2*1-5(2,3)4;;/h;2*1H3;2*(H3,1,2,3,4);1H2;. The fourth-order valence-electron chi connectivity index (χ4n) is 0. The van der Waals surface area contributed by atoms with Crippen LogP contribution in [0.2, 0.25) is 0 Å². The fourth-order valence-corrected chi connectivity index (χ4v) is 0. The number of rotatable bonds is 0. The minimum atomic E-state index is -4.64. The van der Waals surface area contributed by atoms with Crippen LogP contribution in [-0.4, -0.2) is 86.2 Å². The van der Waals surface area contributed by atoms with Gasteiger partial charge in [0.1, 0.15) is 0 Å². The molecular formula is H15KN2O9P2. The molecule has 0 fully saturated rings. The van der Waals surface area contributed by atoms with Crippen molar-refractivity contribution < 1.29 is 44.0 Å². The van der Waals surface area contributed by atoms with Gasteiger partial charge in [0, 0.05) is 0 Å². The third-order valence-electron chi connectivity index (χ3n) is 0. The van der Waals surface area contributed by atoms with Crippen LogP contribution < -0.4 is 12.3 Å². The van der Waals surface area contributed by atoms with E-state index in [0.717, 1.165) is 0 Å². The van der Waals surface area contributed by atoms with Crippen LogP contribution in [0.1, 0.15) is 0 Å². The van der Waals surface area contributed by atoms with Crippen molar-refractivity contribution in [3.63, 3.8) is 0 Å². The molecule has 0 atom stereocenters. The molecule has 90 valence electrons. The monoisotopic (exact) mass is 288 g/mol. The first-order valence-electron chi connectivity index (χ1n) is 1.57. The summed E-state index contributed by atoms with van der Waals surface area (Å²) in [5, 5.41) is 0. The molecule has 0 aromatic rings. The van der Waals surface area contributed by atoms with E-state index >= 15 is 0 Å². The molecule has 0 unspecified atom stereocenters. The van der Waals surface area contributed by atoms with Crippen molar-refractivity contribution in [2.24, 2.45) is 0 Å². The first-order valence-corrected chi connectivity index (χ1v) is 4.70. The van der Waals surface area contributed by atoms with Gasteiger partial charge >= 0.3 is 67.0 Å². The zero-order valence-corrected chi connectivity index (χ0v) is 8.10. The molecule has 0 amide bonds. The van der Waals surface area contributed by atoms with Gasteiger partial charge in [-0.1, -0.05) is 0 Å². The zero-order valence-electron chi connectivity index (χ0n) is 6.31. The van der Waals surface area contributed by atoms with E-state index in [9.17, 15) is 0 Å². The minimum absolute atomic E-state index is 0. The zero-order chi connectivity index (χ0) is 9.00. The van der Waals surface area contributed by atoms with Crippen LogP contribution in [0, 0.1) is 0 Å². The molecule has 0 bridgehead atoms. The fraction of sp³-hybridized carbons (Fsp3) is 0. The second-order valence-corrected chi connectivity index (χ2v) is 3.08. The van der Waals surface area contributed by atoms with E-state index < -0.39 is 15.6 Å². The van der Waals surface area contributed by atoms with Crippen LogP contribution in [-0.2, 0) is 9.13 Å². The second-order valence-electron chi connectivity index (χ2n) is 1.03. The van der Waals surface area contributed by atoms with Gasteiger partial charge in [-0.2, -0.15) is 0 Å². The van der Waals surface area contributed by atoms with Crippen molar-refractivity contribution in [3.05, 3.63) is 0 Å². The van der Waals surface area contributed by atoms with E-state index in [1.54, 1.807) is 0 Å². The topological polar surface area (TPSA) is 257 Å². The van der Waals surface area contributed by atoms with Gasteiger partial charge in [-0.05, 0) is 0 Å². The van der Waals surface area contributed by atoms with Gasteiger partial charge < -0.3 is 47.1 Å².